The Hall–Kier alpha value is -1.70. The molecule has 1 aliphatic rings. The molecule has 19 heavy (non-hydrogen) atoms. The average Bonchev–Trinajstić information content (AvgIpc) is 3.02. The lowest BCUT2D eigenvalue weighted by Crippen LogP contribution is -2.03. The number of fused-ring (bicyclic) bond motifs is 1. The molecule has 0 unspecified atom stereocenters. The number of hydrogen-bond donors (Lipinski definition) is 0. The first-order valence-electron chi connectivity index (χ1n) is 7.19. The van der Waals surface area contributed by atoms with E-state index >= 15 is 0 Å². The summed E-state index contributed by atoms with van der Waals surface area (Å²) >= 11 is 0. The highest BCUT2D eigenvalue weighted by atomic mass is 16.5. The zero-order valence-electron chi connectivity index (χ0n) is 11.8. The zero-order chi connectivity index (χ0) is 13.2. The topological polar surface area (TPSA) is 14.2 Å². The number of nitrogens with zero attached hydrogens (tertiary/aromatic N) is 1. The highest BCUT2D eigenvalue weighted by Gasteiger charge is 2.19. The van der Waals surface area contributed by atoms with Crippen LogP contribution in [0.5, 0.6) is 5.75 Å². The molecule has 0 spiro atoms. The van der Waals surface area contributed by atoms with Crippen molar-refractivity contribution in [1.29, 1.82) is 0 Å². The van der Waals surface area contributed by atoms with Crippen molar-refractivity contribution >= 4 is 0 Å². The van der Waals surface area contributed by atoms with E-state index in [1.54, 1.807) is 18.4 Å². The number of benzene rings is 1. The summed E-state index contributed by atoms with van der Waals surface area (Å²) in [5, 5.41) is 0. The molecule has 0 radical (unpaired) electrons. The molecule has 2 aromatic rings. The van der Waals surface area contributed by atoms with Crippen molar-refractivity contribution in [1.82, 2.24) is 4.57 Å². The second-order valence-electron chi connectivity index (χ2n) is 5.24. The van der Waals surface area contributed by atoms with E-state index < -0.39 is 0 Å². The van der Waals surface area contributed by atoms with Gasteiger partial charge in [-0.3, -0.25) is 0 Å². The maximum absolute atomic E-state index is 5.24. The quantitative estimate of drug-likeness (QED) is 0.803. The molecule has 100 valence electrons. The highest BCUT2D eigenvalue weighted by molar-refractivity contribution is 5.64. The van der Waals surface area contributed by atoms with Gasteiger partial charge in [-0.25, -0.2) is 0 Å². The Labute approximate surface area is 115 Å². The third kappa shape index (κ3) is 2.16. The van der Waals surface area contributed by atoms with Crippen molar-refractivity contribution in [3.05, 3.63) is 41.6 Å². The predicted molar refractivity (Wildman–Crippen MR) is 78.7 cm³/mol. The summed E-state index contributed by atoms with van der Waals surface area (Å²) in [5.41, 5.74) is 5.78. The van der Waals surface area contributed by atoms with Crippen LogP contribution in [0.15, 0.2) is 30.3 Å². The Morgan fingerprint density at radius 1 is 1.16 bits per heavy atom. The minimum Gasteiger partial charge on any atom is -0.497 e. The van der Waals surface area contributed by atoms with E-state index in [9.17, 15) is 0 Å². The Balaban J connectivity index is 2.03. The van der Waals surface area contributed by atoms with Gasteiger partial charge in [-0.05, 0) is 67.1 Å². The smallest absolute Gasteiger partial charge is 0.118 e. The molecule has 2 nitrogen and oxygen atoms in total. The molecule has 0 saturated heterocycles. The molecule has 0 N–H and O–H groups in total. The second kappa shape index (κ2) is 5.12. The van der Waals surface area contributed by atoms with Crippen LogP contribution in [0.4, 0.5) is 0 Å². The van der Waals surface area contributed by atoms with Gasteiger partial charge < -0.3 is 9.30 Å². The van der Waals surface area contributed by atoms with Gasteiger partial charge in [0.2, 0.25) is 0 Å². The molecule has 2 heteroatoms. The summed E-state index contributed by atoms with van der Waals surface area (Å²) in [6, 6.07) is 10.8. The lowest BCUT2D eigenvalue weighted by Gasteiger charge is -2.12. The van der Waals surface area contributed by atoms with Gasteiger partial charge in [0, 0.05) is 17.9 Å². The van der Waals surface area contributed by atoms with Crippen molar-refractivity contribution in [3.8, 4) is 17.0 Å². The van der Waals surface area contributed by atoms with Crippen molar-refractivity contribution in [2.75, 3.05) is 7.11 Å². The summed E-state index contributed by atoms with van der Waals surface area (Å²) in [5.74, 6) is 0.921. The van der Waals surface area contributed by atoms with Gasteiger partial charge in [-0.2, -0.15) is 0 Å². The summed E-state index contributed by atoms with van der Waals surface area (Å²) in [6.07, 6.45) is 4.99. The van der Waals surface area contributed by atoms with Crippen LogP contribution in [0.25, 0.3) is 11.3 Å². The summed E-state index contributed by atoms with van der Waals surface area (Å²) in [6.45, 7) is 3.37. The van der Waals surface area contributed by atoms with Crippen LogP contribution in [0.2, 0.25) is 0 Å². The SMILES string of the molecule is CCCn1c(-c2ccc(OC)cc2)cc2c1CCC2. The standard InChI is InChI=1S/C17H21NO/c1-3-11-18-16-6-4-5-14(16)12-17(18)13-7-9-15(19-2)10-8-13/h7-10,12H,3-6,11H2,1-2H3. The molecule has 0 amide bonds. The molecule has 0 aliphatic heterocycles. The second-order valence-corrected chi connectivity index (χ2v) is 5.24. The first kappa shape index (κ1) is 12.3. The molecular formula is C17H21NO. The van der Waals surface area contributed by atoms with Crippen LogP contribution in [0, 0.1) is 0 Å². The maximum Gasteiger partial charge on any atom is 0.118 e. The molecular weight excluding hydrogens is 234 g/mol. The van der Waals surface area contributed by atoms with Crippen LogP contribution in [-0.4, -0.2) is 11.7 Å². The van der Waals surface area contributed by atoms with Crippen molar-refractivity contribution in [3.63, 3.8) is 0 Å². The van der Waals surface area contributed by atoms with E-state index in [0.717, 1.165) is 12.3 Å². The van der Waals surface area contributed by atoms with Crippen molar-refractivity contribution in [2.45, 2.75) is 39.2 Å². The van der Waals surface area contributed by atoms with Gasteiger partial charge in [0.15, 0.2) is 0 Å². The average molecular weight is 255 g/mol. The minimum absolute atomic E-state index is 0.921. The van der Waals surface area contributed by atoms with Crippen LogP contribution in [0.1, 0.15) is 31.0 Å². The predicted octanol–water partition coefficient (Wildman–Crippen LogP) is 4.06. The van der Waals surface area contributed by atoms with E-state index in [1.165, 1.54) is 36.9 Å². The fourth-order valence-corrected chi connectivity index (χ4v) is 3.08. The third-order valence-electron chi connectivity index (χ3n) is 3.99. The summed E-state index contributed by atoms with van der Waals surface area (Å²) in [4.78, 5) is 0. The van der Waals surface area contributed by atoms with E-state index in [2.05, 4.69) is 29.7 Å². The molecule has 1 heterocycles. The number of methoxy groups -OCH3 is 1. The Morgan fingerprint density at radius 2 is 1.95 bits per heavy atom. The van der Waals surface area contributed by atoms with Gasteiger partial charge in [0.25, 0.3) is 0 Å². The summed E-state index contributed by atoms with van der Waals surface area (Å²) in [7, 11) is 1.71. The fourth-order valence-electron chi connectivity index (χ4n) is 3.08. The Kier molecular flexibility index (Phi) is 3.33. The van der Waals surface area contributed by atoms with Crippen LogP contribution in [-0.2, 0) is 19.4 Å². The van der Waals surface area contributed by atoms with Crippen LogP contribution < -0.4 is 4.74 Å². The molecule has 0 fully saturated rings. The summed E-state index contributed by atoms with van der Waals surface area (Å²) < 4.78 is 7.76. The highest BCUT2D eigenvalue weighted by Crippen LogP contribution is 2.32. The molecule has 0 saturated carbocycles. The number of ether oxygens (including phenoxy) is 1. The van der Waals surface area contributed by atoms with Crippen molar-refractivity contribution < 1.29 is 4.74 Å². The van der Waals surface area contributed by atoms with E-state index in [-0.39, 0.29) is 0 Å². The molecule has 1 aliphatic carbocycles. The minimum atomic E-state index is 0.921. The van der Waals surface area contributed by atoms with E-state index in [1.807, 2.05) is 12.1 Å². The number of rotatable bonds is 4. The molecule has 1 aromatic carbocycles. The lowest BCUT2D eigenvalue weighted by atomic mass is 10.1. The molecule has 3 rings (SSSR count). The molecule has 0 bridgehead atoms. The monoisotopic (exact) mass is 255 g/mol. The number of aromatic nitrogens is 1. The van der Waals surface area contributed by atoms with E-state index in [4.69, 9.17) is 4.74 Å². The zero-order valence-corrected chi connectivity index (χ0v) is 11.8. The Bertz CT molecular complexity index is 566. The van der Waals surface area contributed by atoms with Crippen LogP contribution >= 0.6 is 0 Å². The maximum atomic E-state index is 5.24. The van der Waals surface area contributed by atoms with Gasteiger partial charge in [-0.15, -0.1) is 0 Å². The molecule has 0 atom stereocenters. The first-order valence-corrected chi connectivity index (χ1v) is 7.19. The van der Waals surface area contributed by atoms with E-state index in [0.29, 0.717) is 0 Å². The Morgan fingerprint density at radius 3 is 2.63 bits per heavy atom. The lowest BCUT2D eigenvalue weighted by molar-refractivity contribution is 0.415. The van der Waals surface area contributed by atoms with Crippen LogP contribution in [0.3, 0.4) is 0 Å². The van der Waals surface area contributed by atoms with Crippen molar-refractivity contribution in [2.24, 2.45) is 0 Å². The number of aryl methyl sites for hydroxylation is 1. The first-order chi connectivity index (χ1) is 9.33. The van der Waals surface area contributed by atoms with Gasteiger partial charge in [0.05, 0.1) is 7.11 Å². The normalized spacial score (nSPS) is 13.6. The van der Waals surface area contributed by atoms with Gasteiger partial charge in [-0.1, -0.05) is 6.92 Å². The fraction of sp³-hybridized carbons (Fsp3) is 0.412. The largest absolute Gasteiger partial charge is 0.497 e. The van der Waals surface area contributed by atoms with Gasteiger partial charge in [0.1, 0.15) is 5.75 Å². The molecule has 1 aromatic heterocycles. The third-order valence-corrected chi connectivity index (χ3v) is 3.99. The van der Waals surface area contributed by atoms with Gasteiger partial charge >= 0.3 is 0 Å². The number of hydrogen-bond acceptors (Lipinski definition) is 1.